The van der Waals surface area contributed by atoms with Gasteiger partial charge in [0.05, 0.1) is 0 Å². The summed E-state index contributed by atoms with van der Waals surface area (Å²) in [4.78, 5) is 0. The molecule has 4 unspecified atom stereocenters. The molecule has 4 atom stereocenters. The van der Waals surface area contributed by atoms with Crippen LogP contribution in [-0.2, 0) is 0 Å². The quantitative estimate of drug-likeness (QED) is 0.450. The average molecular weight is 170 g/mol. The number of rotatable bonds is 3. The lowest BCUT2D eigenvalue weighted by Crippen LogP contribution is -2.09. The number of allylic oxidation sites excluding steroid dienone is 1. The van der Waals surface area contributed by atoms with Gasteiger partial charge in [-0.3, -0.25) is 0 Å². The van der Waals surface area contributed by atoms with Crippen molar-refractivity contribution in [1.82, 2.24) is 0 Å². The zero-order valence-electron chi connectivity index (χ0n) is 7.42. The second-order valence-electron chi connectivity index (χ2n) is 3.80. The van der Waals surface area contributed by atoms with Crippen molar-refractivity contribution in [2.75, 3.05) is 0 Å². The normalized spacial score (nSPS) is 33.6. The van der Waals surface area contributed by atoms with Crippen molar-refractivity contribution in [2.24, 2.45) is 11.8 Å². The third kappa shape index (κ3) is 2.60. The maximum atomic E-state index is 3.89. The molecule has 1 aliphatic carbocycles. The highest BCUT2D eigenvalue weighted by Crippen LogP contribution is 2.36. The minimum absolute atomic E-state index is 0.778. The van der Waals surface area contributed by atoms with E-state index in [1.165, 1.54) is 25.7 Å². The Morgan fingerprint density at radius 2 is 2.36 bits per heavy atom. The Morgan fingerprint density at radius 3 is 2.91 bits per heavy atom. The second kappa shape index (κ2) is 4.26. The molecule has 0 heterocycles. The predicted molar refractivity (Wildman–Crippen MR) is 54.8 cm³/mol. The number of hydrogen-bond donors (Lipinski definition) is 0. The van der Waals surface area contributed by atoms with Crippen LogP contribution in [0.25, 0.3) is 0 Å². The molecule has 0 amide bonds. The Morgan fingerprint density at radius 1 is 1.64 bits per heavy atom. The van der Waals surface area contributed by atoms with Crippen LogP contribution in [0.3, 0.4) is 0 Å². The van der Waals surface area contributed by atoms with Gasteiger partial charge in [0.1, 0.15) is 0 Å². The predicted octanol–water partition coefficient (Wildman–Crippen LogP) is 3.24. The Balaban J connectivity index is 2.37. The van der Waals surface area contributed by atoms with Crippen molar-refractivity contribution in [3.05, 3.63) is 12.7 Å². The lowest BCUT2D eigenvalue weighted by atomic mass is 9.92. The molecule has 0 nitrogen and oxygen atoms in total. The van der Waals surface area contributed by atoms with Crippen LogP contribution in [0.15, 0.2) is 12.7 Å². The third-order valence-corrected chi connectivity index (χ3v) is 2.97. The van der Waals surface area contributed by atoms with Gasteiger partial charge >= 0.3 is 0 Å². The molecule has 0 aliphatic heterocycles. The van der Waals surface area contributed by atoms with Gasteiger partial charge in [0.25, 0.3) is 0 Å². The summed E-state index contributed by atoms with van der Waals surface area (Å²) in [7, 11) is 2.89. The minimum Gasteiger partial charge on any atom is -0.135 e. The van der Waals surface area contributed by atoms with Gasteiger partial charge in [-0.05, 0) is 36.8 Å². The van der Waals surface area contributed by atoms with E-state index in [9.17, 15) is 0 Å². The fraction of sp³-hybridized carbons (Fsp3) is 0.800. The minimum atomic E-state index is 0.778. The Labute approximate surface area is 72.7 Å². The van der Waals surface area contributed by atoms with E-state index < -0.39 is 0 Å². The SMILES string of the molecule is C=CC1CCCC1CC(C)P. The Hall–Kier alpha value is 0.170. The van der Waals surface area contributed by atoms with E-state index in [4.69, 9.17) is 0 Å². The molecule has 0 radical (unpaired) electrons. The van der Waals surface area contributed by atoms with Gasteiger partial charge in [-0.2, -0.15) is 0 Å². The largest absolute Gasteiger partial charge is 0.135 e. The van der Waals surface area contributed by atoms with Crippen LogP contribution < -0.4 is 0 Å². The van der Waals surface area contributed by atoms with Crippen molar-refractivity contribution >= 4 is 9.24 Å². The summed E-state index contributed by atoms with van der Waals surface area (Å²) in [5, 5.41) is 0. The molecular weight excluding hydrogens is 151 g/mol. The Kier molecular flexibility index (Phi) is 3.59. The van der Waals surface area contributed by atoms with Crippen LogP contribution in [0.2, 0.25) is 0 Å². The first kappa shape index (κ1) is 9.26. The molecular formula is C10H19P. The zero-order valence-corrected chi connectivity index (χ0v) is 8.58. The molecule has 0 saturated heterocycles. The first-order valence-corrected chi connectivity index (χ1v) is 5.29. The van der Waals surface area contributed by atoms with Crippen LogP contribution >= 0.6 is 9.24 Å². The molecule has 11 heavy (non-hydrogen) atoms. The summed E-state index contributed by atoms with van der Waals surface area (Å²) in [5.74, 6) is 1.75. The summed E-state index contributed by atoms with van der Waals surface area (Å²) < 4.78 is 0. The second-order valence-corrected chi connectivity index (χ2v) is 4.94. The maximum absolute atomic E-state index is 3.89. The monoisotopic (exact) mass is 170 g/mol. The first-order valence-electron chi connectivity index (χ1n) is 4.62. The summed E-state index contributed by atoms with van der Waals surface area (Å²) in [6, 6.07) is 0. The molecule has 1 rings (SSSR count). The molecule has 0 bridgehead atoms. The van der Waals surface area contributed by atoms with Gasteiger partial charge in [-0.15, -0.1) is 15.8 Å². The summed E-state index contributed by atoms with van der Waals surface area (Å²) in [6.45, 7) is 6.17. The van der Waals surface area contributed by atoms with Gasteiger partial charge in [-0.25, -0.2) is 0 Å². The molecule has 1 fully saturated rings. The molecule has 0 spiro atoms. The topological polar surface area (TPSA) is 0 Å². The standard InChI is InChI=1S/C10H19P/c1-3-9-5-4-6-10(9)7-8(2)11/h3,8-10H,1,4-7,11H2,2H3. The zero-order chi connectivity index (χ0) is 8.27. The van der Waals surface area contributed by atoms with Gasteiger partial charge < -0.3 is 0 Å². The van der Waals surface area contributed by atoms with E-state index in [-0.39, 0.29) is 0 Å². The highest BCUT2D eigenvalue weighted by Gasteiger charge is 2.24. The first-order chi connectivity index (χ1) is 5.24. The van der Waals surface area contributed by atoms with Crippen molar-refractivity contribution in [2.45, 2.75) is 38.3 Å². The van der Waals surface area contributed by atoms with Gasteiger partial charge in [-0.1, -0.05) is 19.4 Å². The Bertz CT molecular complexity index is 129. The smallest absolute Gasteiger partial charge is 0.0208 e. The van der Waals surface area contributed by atoms with Crippen LogP contribution in [-0.4, -0.2) is 5.66 Å². The van der Waals surface area contributed by atoms with Gasteiger partial charge in [0.2, 0.25) is 0 Å². The third-order valence-electron chi connectivity index (χ3n) is 2.70. The number of hydrogen-bond acceptors (Lipinski definition) is 0. The molecule has 1 saturated carbocycles. The fourth-order valence-corrected chi connectivity index (χ4v) is 2.50. The molecule has 0 aromatic heterocycles. The molecule has 64 valence electrons. The van der Waals surface area contributed by atoms with Crippen molar-refractivity contribution < 1.29 is 0 Å². The lowest BCUT2D eigenvalue weighted by Gasteiger charge is -2.17. The van der Waals surface area contributed by atoms with E-state index in [0.717, 1.165) is 17.5 Å². The molecule has 0 aromatic rings. The van der Waals surface area contributed by atoms with Gasteiger partial charge in [0, 0.05) is 0 Å². The average Bonchev–Trinajstić information content (AvgIpc) is 2.34. The molecule has 0 aromatic carbocycles. The summed E-state index contributed by atoms with van der Waals surface area (Å²) in [5.41, 5.74) is 0.778. The lowest BCUT2D eigenvalue weighted by molar-refractivity contribution is 0.426. The highest BCUT2D eigenvalue weighted by molar-refractivity contribution is 7.17. The van der Waals surface area contributed by atoms with Crippen LogP contribution in [0.1, 0.15) is 32.6 Å². The van der Waals surface area contributed by atoms with Crippen molar-refractivity contribution in [1.29, 1.82) is 0 Å². The van der Waals surface area contributed by atoms with E-state index >= 15 is 0 Å². The molecule has 1 heteroatoms. The van der Waals surface area contributed by atoms with E-state index in [1.54, 1.807) is 0 Å². The van der Waals surface area contributed by atoms with Crippen LogP contribution in [0.4, 0.5) is 0 Å². The summed E-state index contributed by atoms with van der Waals surface area (Å²) in [6.07, 6.45) is 7.74. The summed E-state index contributed by atoms with van der Waals surface area (Å²) >= 11 is 0. The van der Waals surface area contributed by atoms with E-state index in [2.05, 4.69) is 28.8 Å². The van der Waals surface area contributed by atoms with Crippen molar-refractivity contribution in [3.8, 4) is 0 Å². The van der Waals surface area contributed by atoms with Crippen molar-refractivity contribution in [3.63, 3.8) is 0 Å². The molecule has 1 aliphatic rings. The molecule has 0 N–H and O–H groups in total. The van der Waals surface area contributed by atoms with Gasteiger partial charge in [0.15, 0.2) is 0 Å². The van der Waals surface area contributed by atoms with Crippen LogP contribution in [0, 0.1) is 11.8 Å². The fourth-order valence-electron chi connectivity index (χ4n) is 2.15. The van der Waals surface area contributed by atoms with E-state index in [1.807, 2.05) is 0 Å². The highest BCUT2D eigenvalue weighted by atomic mass is 31.0. The van der Waals surface area contributed by atoms with E-state index in [0.29, 0.717) is 0 Å². The van der Waals surface area contributed by atoms with Crippen LogP contribution in [0.5, 0.6) is 0 Å². The maximum Gasteiger partial charge on any atom is -0.0208 e.